The van der Waals surface area contributed by atoms with E-state index in [0.29, 0.717) is 24.1 Å². The van der Waals surface area contributed by atoms with Gasteiger partial charge in [-0.25, -0.2) is 9.59 Å². The van der Waals surface area contributed by atoms with Crippen molar-refractivity contribution in [2.45, 2.75) is 90.8 Å². The van der Waals surface area contributed by atoms with E-state index < -0.39 is 59.4 Å². The molecule has 2 aromatic carbocycles. The molecule has 0 aliphatic carbocycles. The Morgan fingerprint density at radius 2 is 1.65 bits per heavy atom. The molecule has 0 radical (unpaired) electrons. The van der Waals surface area contributed by atoms with E-state index in [0.717, 1.165) is 0 Å². The first-order valence-corrected chi connectivity index (χ1v) is 15.4. The van der Waals surface area contributed by atoms with Crippen LogP contribution < -0.4 is 20.1 Å². The maximum Gasteiger partial charge on any atom is 0.412 e. The average Bonchev–Trinajstić information content (AvgIpc) is 2.94. The molecule has 1 heterocycles. The van der Waals surface area contributed by atoms with Gasteiger partial charge in [-0.2, -0.15) is 0 Å². The van der Waals surface area contributed by atoms with Gasteiger partial charge in [-0.1, -0.05) is 0 Å². The molecule has 1 aliphatic rings. The van der Waals surface area contributed by atoms with E-state index >= 15 is 0 Å². The topological polar surface area (TPSA) is 204 Å². The van der Waals surface area contributed by atoms with Crippen LogP contribution in [-0.4, -0.2) is 70.9 Å². The standard InChI is InChI=1S/C34H42N2O12/c1-33(2,3)47-26(39)13-12-21-22(23(30(41)42)17-25(37)38)16-24-28(27(21)29(40)35-7)45-14-8-9-18-15-19(10-11-20(18)31(43)46-24)36-32(44)48-34(4,5)6/h10-11,15-16,23H,8-9,12-14,17H2,1-7H3,(H,35,40)(H,36,44)(H,37,38)(H,41,42)/t23-/m0/s1. The van der Waals surface area contributed by atoms with E-state index in [1.54, 1.807) is 47.6 Å². The van der Waals surface area contributed by atoms with Gasteiger partial charge in [0.15, 0.2) is 11.5 Å². The zero-order chi connectivity index (χ0) is 36.0. The van der Waals surface area contributed by atoms with Crippen LogP contribution in [0.5, 0.6) is 11.5 Å². The highest BCUT2D eigenvalue weighted by Gasteiger charge is 2.34. The molecule has 0 unspecified atom stereocenters. The van der Waals surface area contributed by atoms with Crippen LogP contribution in [0.3, 0.4) is 0 Å². The molecule has 4 N–H and O–H groups in total. The predicted molar refractivity (Wildman–Crippen MR) is 172 cm³/mol. The number of ether oxygens (including phenoxy) is 4. The lowest BCUT2D eigenvalue weighted by atomic mass is 9.85. The molecule has 0 spiro atoms. The van der Waals surface area contributed by atoms with Crippen molar-refractivity contribution in [3.63, 3.8) is 0 Å². The molecular weight excluding hydrogens is 628 g/mol. The third-order valence-electron chi connectivity index (χ3n) is 6.90. The number of aliphatic carboxylic acids is 2. The highest BCUT2D eigenvalue weighted by molar-refractivity contribution is 6.01. The van der Waals surface area contributed by atoms with Crippen molar-refractivity contribution < 1.29 is 57.9 Å². The Labute approximate surface area is 278 Å². The Hall–Kier alpha value is -5.14. The predicted octanol–water partition coefficient (Wildman–Crippen LogP) is 4.85. The van der Waals surface area contributed by atoms with Crippen LogP contribution in [0.2, 0.25) is 0 Å². The molecule has 3 rings (SSSR count). The van der Waals surface area contributed by atoms with Crippen molar-refractivity contribution in [1.29, 1.82) is 0 Å². The number of carboxylic acid groups (broad SMARTS) is 2. The Bertz CT molecular complexity index is 1600. The van der Waals surface area contributed by atoms with Gasteiger partial charge in [0.05, 0.1) is 30.1 Å². The molecular formula is C34H42N2O12. The number of rotatable bonds is 9. The Morgan fingerprint density at radius 3 is 2.23 bits per heavy atom. The van der Waals surface area contributed by atoms with Crippen molar-refractivity contribution in [3.8, 4) is 11.5 Å². The fourth-order valence-corrected chi connectivity index (χ4v) is 5.08. The smallest absolute Gasteiger partial charge is 0.412 e. The lowest BCUT2D eigenvalue weighted by Gasteiger charge is -2.25. The zero-order valence-corrected chi connectivity index (χ0v) is 28.1. The minimum Gasteiger partial charge on any atom is -0.489 e. The number of nitrogens with one attached hydrogen (secondary N) is 2. The molecule has 0 fully saturated rings. The molecule has 0 saturated carbocycles. The number of hydrogen-bond donors (Lipinski definition) is 4. The third kappa shape index (κ3) is 10.2. The van der Waals surface area contributed by atoms with Gasteiger partial charge in [-0.15, -0.1) is 0 Å². The normalized spacial score (nSPS) is 13.8. The van der Waals surface area contributed by atoms with E-state index in [1.807, 2.05) is 0 Å². The Morgan fingerprint density at radius 1 is 0.979 bits per heavy atom. The van der Waals surface area contributed by atoms with Crippen molar-refractivity contribution in [2.24, 2.45) is 0 Å². The van der Waals surface area contributed by atoms with Gasteiger partial charge in [-0.3, -0.25) is 24.5 Å². The van der Waals surface area contributed by atoms with Crippen molar-refractivity contribution >= 4 is 41.6 Å². The number of hydrogen-bond acceptors (Lipinski definition) is 10. The summed E-state index contributed by atoms with van der Waals surface area (Å²) in [6.45, 7) is 10.2. The van der Waals surface area contributed by atoms with Gasteiger partial charge in [0, 0.05) is 19.2 Å². The van der Waals surface area contributed by atoms with Gasteiger partial charge >= 0.3 is 30.0 Å². The molecule has 0 aromatic heterocycles. The summed E-state index contributed by atoms with van der Waals surface area (Å²) in [5, 5.41) is 24.8. The second-order valence-corrected chi connectivity index (χ2v) is 13.1. The number of aryl methyl sites for hydroxylation is 1. The van der Waals surface area contributed by atoms with Crippen LogP contribution in [0.25, 0.3) is 0 Å². The summed E-state index contributed by atoms with van der Waals surface area (Å²) < 4.78 is 22.5. The van der Waals surface area contributed by atoms with Gasteiger partial charge in [-0.05, 0) is 102 Å². The van der Waals surface area contributed by atoms with Crippen LogP contribution in [0, 0.1) is 0 Å². The summed E-state index contributed by atoms with van der Waals surface area (Å²) in [6, 6.07) is 5.71. The van der Waals surface area contributed by atoms with E-state index in [-0.39, 0.29) is 53.2 Å². The number of fused-ring (bicyclic) bond motifs is 2. The van der Waals surface area contributed by atoms with Crippen LogP contribution in [-0.2, 0) is 36.7 Å². The van der Waals surface area contributed by atoms with Crippen molar-refractivity contribution in [3.05, 3.63) is 52.1 Å². The SMILES string of the molecule is CNC(=O)c1c(CCC(=O)OC(C)(C)C)c([C@H](CC(=O)O)C(=O)O)cc2c1OCCCc1cc(NC(=O)OC(C)(C)C)ccc1C(=O)O2. The van der Waals surface area contributed by atoms with E-state index in [1.165, 1.54) is 25.2 Å². The Balaban J connectivity index is 2.17. The maximum absolute atomic E-state index is 13.6. The quantitative estimate of drug-likeness (QED) is 0.209. The van der Waals surface area contributed by atoms with Gasteiger partial charge in [0.1, 0.15) is 11.2 Å². The summed E-state index contributed by atoms with van der Waals surface area (Å²) >= 11 is 0. The number of amides is 2. The lowest BCUT2D eigenvalue weighted by molar-refractivity contribution is -0.154. The van der Waals surface area contributed by atoms with E-state index in [2.05, 4.69) is 10.6 Å². The van der Waals surface area contributed by atoms with Gasteiger partial charge in [0.25, 0.3) is 5.91 Å². The monoisotopic (exact) mass is 670 g/mol. The summed E-state index contributed by atoms with van der Waals surface area (Å²) in [6.07, 6.45) is -1.40. The fourth-order valence-electron chi connectivity index (χ4n) is 5.08. The summed E-state index contributed by atoms with van der Waals surface area (Å²) in [5.41, 5.74) is -0.841. The number of carboxylic acids is 2. The minimum atomic E-state index is -1.69. The molecule has 48 heavy (non-hydrogen) atoms. The van der Waals surface area contributed by atoms with Gasteiger partial charge in [0.2, 0.25) is 0 Å². The first kappa shape index (κ1) is 37.3. The summed E-state index contributed by atoms with van der Waals surface area (Å²) in [4.78, 5) is 76.3. The van der Waals surface area contributed by atoms with Crippen LogP contribution >= 0.6 is 0 Å². The molecule has 14 nitrogen and oxygen atoms in total. The van der Waals surface area contributed by atoms with Gasteiger partial charge < -0.3 is 34.5 Å². The molecule has 1 atom stereocenters. The van der Waals surface area contributed by atoms with Crippen LogP contribution in [0.4, 0.5) is 10.5 Å². The highest BCUT2D eigenvalue weighted by atomic mass is 16.6. The first-order valence-electron chi connectivity index (χ1n) is 15.4. The molecule has 0 saturated heterocycles. The third-order valence-corrected chi connectivity index (χ3v) is 6.90. The second kappa shape index (κ2) is 15.2. The number of carbonyl (C=O) groups is 6. The fraction of sp³-hybridized carbons (Fsp3) is 0.471. The highest BCUT2D eigenvalue weighted by Crippen LogP contribution is 2.42. The van der Waals surface area contributed by atoms with Crippen LogP contribution in [0.15, 0.2) is 24.3 Å². The largest absolute Gasteiger partial charge is 0.489 e. The molecule has 14 heteroatoms. The molecule has 2 amide bonds. The molecule has 1 aliphatic heterocycles. The second-order valence-electron chi connectivity index (χ2n) is 13.1. The average molecular weight is 671 g/mol. The summed E-state index contributed by atoms with van der Waals surface area (Å²) in [7, 11) is 1.33. The first-order chi connectivity index (χ1) is 22.3. The van der Waals surface area contributed by atoms with Crippen LogP contribution in [0.1, 0.15) is 104 Å². The molecule has 2 aromatic rings. The zero-order valence-electron chi connectivity index (χ0n) is 28.1. The number of esters is 2. The number of benzene rings is 2. The lowest BCUT2D eigenvalue weighted by Crippen LogP contribution is -2.27. The molecule has 260 valence electrons. The minimum absolute atomic E-state index is 0.0139. The number of anilines is 1. The van der Waals surface area contributed by atoms with Crippen molar-refractivity contribution in [1.82, 2.24) is 5.32 Å². The summed E-state index contributed by atoms with van der Waals surface area (Å²) in [5.74, 6) is -7.36. The maximum atomic E-state index is 13.6. The number of carbonyl (C=O) groups excluding carboxylic acids is 4. The Kier molecular flexibility index (Phi) is 11.8. The van der Waals surface area contributed by atoms with Crippen molar-refractivity contribution in [2.75, 3.05) is 19.0 Å². The van der Waals surface area contributed by atoms with E-state index in [9.17, 15) is 39.0 Å². The molecule has 0 bridgehead atoms. The van der Waals surface area contributed by atoms with E-state index in [4.69, 9.17) is 18.9 Å².